The van der Waals surface area contributed by atoms with E-state index >= 15 is 0 Å². The van der Waals surface area contributed by atoms with Crippen molar-refractivity contribution in [2.75, 3.05) is 14.2 Å². The predicted molar refractivity (Wildman–Crippen MR) is 109 cm³/mol. The fraction of sp³-hybridized carbons (Fsp3) is 0.222. The monoisotopic (exact) mass is 439 g/mol. The number of carboxylic acids is 2. The maximum absolute atomic E-state index is 12.5. The Balaban J connectivity index is 2.26. The van der Waals surface area contributed by atoms with Gasteiger partial charge in [0.2, 0.25) is 5.75 Å². The molecule has 1 saturated heterocycles. The summed E-state index contributed by atoms with van der Waals surface area (Å²) in [5, 5.41) is 28.1. The number of rotatable bonds is 8. The molecule has 0 aliphatic carbocycles. The number of hydrogen-bond acceptors (Lipinski definition) is 8. The van der Waals surface area contributed by atoms with Crippen molar-refractivity contribution in [2.24, 2.45) is 0 Å². The number of phenolic OH excluding ortho intramolecular Hbond substituents is 1. The smallest absolute Gasteiger partial charge is 0.327 e. The lowest BCUT2D eigenvalue weighted by atomic mass is 10.1. The molecule has 0 saturated carbocycles. The molecule has 3 N–H and O–H groups in total. The number of allylic oxidation sites excluding steroid dienone is 2. The van der Waals surface area contributed by atoms with Crippen LogP contribution in [0.3, 0.4) is 0 Å². The van der Waals surface area contributed by atoms with Crippen molar-refractivity contribution in [1.82, 2.24) is 4.90 Å². The number of thiocarbonyl (C=S) groups is 1. The fourth-order valence-electron chi connectivity index (χ4n) is 2.47. The lowest BCUT2D eigenvalue weighted by molar-refractivity contribution is -0.150. The van der Waals surface area contributed by atoms with Gasteiger partial charge in [-0.1, -0.05) is 36.1 Å². The van der Waals surface area contributed by atoms with E-state index in [4.69, 9.17) is 26.8 Å². The van der Waals surface area contributed by atoms with Gasteiger partial charge in [0.05, 0.1) is 25.5 Å². The number of methoxy groups -OCH3 is 2. The molecule has 1 heterocycles. The Morgan fingerprint density at radius 3 is 2.31 bits per heavy atom. The summed E-state index contributed by atoms with van der Waals surface area (Å²) in [5.41, 5.74) is 0.609. The van der Waals surface area contributed by atoms with Gasteiger partial charge < -0.3 is 24.8 Å². The van der Waals surface area contributed by atoms with Crippen LogP contribution in [0.2, 0.25) is 0 Å². The Hall–Kier alpha value is -3.05. The molecule has 1 unspecified atom stereocenters. The van der Waals surface area contributed by atoms with Crippen LogP contribution < -0.4 is 9.47 Å². The number of aliphatic carboxylic acids is 2. The Labute approximate surface area is 175 Å². The summed E-state index contributed by atoms with van der Waals surface area (Å²) >= 11 is 5.93. The minimum absolute atomic E-state index is 0.0312. The second-order valence-electron chi connectivity index (χ2n) is 5.66. The summed E-state index contributed by atoms with van der Waals surface area (Å²) < 4.78 is 10.1. The Bertz CT molecular complexity index is 899. The average molecular weight is 439 g/mol. The highest BCUT2D eigenvalue weighted by atomic mass is 32.2. The molecule has 0 radical (unpaired) electrons. The van der Waals surface area contributed by atoms with Gasteiger partial charge in [-0.3, -0.25) is 14.5 Å². The average Bonchev–Trinajstić information content (AvgIpc) is 2.94. The predicted octanol–water partition coefficient (Wildman–Crippen LogP) is 2.09. The van der Waals surface area contributed by atoms with Crippen LogP contribution >= 0.6 is 24.0 Å². The van der Waals surface area contributed by atoms with Gasteiger partial charge in [0.15, 0.2) is 11.5 Å². The van der Waals surface area contributed by atoms with Gasteiger partial charge in [0.1, 0.15) is 10.4 Å². The minimum atomic E-state index is -1.58. The van der Waals surface area contributed by atoms with Crippen molar-refractivity contribution in [2.45, 2.75) is 12.5 Å². The standard InChI is InChI=1S/C18H17NO8S2/c1-26-11-6-9(7-12(27-2)15(11)22)4-3-5-13-16(23)19(18(28)29-13)10(17(24)25)8-14(20)21/h3-7,10,22H,8H2,1-2H3,(H,20,21)(H,24,25). The minimum Gasteiger partial charge on any atom is -0.502 e. The van der Waals surface area contributed by atoms with Crippen molar-refractivity contribution < 1.29 is 39.2 Å². The van der Waals surface area contributed by atoms with E-state index in [1.165, 1.54) is 26.4 Å². The van der Waals surface area contributed by atoms with Gasteiger partial charge in [-0.05, 0) is 23.8 Å². The largest absolute Gasteiger partial charge is 0.502 e. The van der Waals surface area contributed by atoms with Crippen molar-refractivity contribution in [3.05, 3.63) is 34.8 Å². The molecule has 0 bridgehead atoms. The Morgan fingerprint density at radius 1 is 1.24 bits per heavy atom. The molecular formula is C18H17NO8S2. The number of carbonyl (C=O) groups is 3. The van der Waals surface area contributed by atoms with E-state index in [-0.39, 0.29) is 26.5 Å². The van der Waals surface area contributed by atoms with E-state index in [9.17, 15) is 24.6 Å². The molecule has 1 amide bonds. The zero-order valence-corrected chi connectivity index (χ0v) is 17.0. The van der Waals surface area contributed by atoms with Crippen LogP contribution in [-0.4, -0.2) is 62.6 Å². The van der Waals surface area contributed by atoms with Crippen LogP contribution in [-0.2, 0) is 14.4 Å². The molecule has 154 valence electrons. The van der Waals surface area contributed by atoms with E-state index in [1.807, 2.05) is 0 Å². The summed E-state index contributed by atoms with van der Waals surface area (Å²) in [6, 6.07) is 1.53. The molecule has 1 aromatic rings. The van der Waals surface area contributed by atoms with Crippen LogP contribution in [0.1, 0.15) is 12.0 Å². The Kier molecular flexibility index (Phi) is 7.23. The van der Waals surface area contributed by atoms with E-state index < -0.39 is 30.3 Å². The van der Waals surface area contributed by atoms with Crippen LogP contribution in [0, 0.1) is 0 Å². The van der Waals surface area contributed by atoms with Crippen LogP contribution in [0.4, 0.5) is 0 Å². The van der Waals surface area contributed by atoms with Crippen molar-refractivity contribution in [3.8, 4) is 17.2 Å². The fourth-order valence-corrected chi connectivity index (χ4v) is 3.78. The van der Waals surface area contributed by atoms with E-state index in [2.05, 4.69) is 0 Å². The molecule has 1 aliphatic rings. The quantitative estimate of drug-likeness (QED) is 0.408. The first-order valence-electron chi connectivity index (χ1n) is 8.02. The first-order valence-corrected chi connectivity index (χ1v) is 9.25. The molecule has 2 rings (SSSR count). The summed E-state index contributed by atoms with van der Waals surface area (Å²) in [6.07, 6.45) is 3.82. The van der Waals surface area contributed by atoms with Gasteiger partial charge >= 0.3 is 11.9 Å². The number of thioether (sulfide) groups is 1. The number of carboxylic acid groups (broad SMARTS) is 2. The zero-order chi connectivity index (χ0) is 21.7. The highest BCUT2D eigenvalue weighted by Gasteiger charge is 2.41. The third kappa shape index (κ3) is 5.06. The van der Waals surface area contributed by atoms with Crippen LogP contribution in [0.15, 0.2) is 29.2 Å². The number of hydrogen-bond donors (Lipinski definition) is 3. The second-order valence-corrected chi connectivity index (χ2v) is 7.33. The summed E-state index contributed by atoms with van der Waals surface area (Å²) in [6.45, 7) is 0. The van der Waals surface area contributed by atoms with Gasteiger partial charge in [0, 0.05) is 0 Å². The molecule has 9 nitrogen and oxygen atoms in total. The number of nitrogens with zero attached hydrogens (tertiary/aromatic N) is 1. The first-order chi connectivity index (χ1) is 13.7. The van der Waals surface area contributed by atoms with Gasteiger partial charge in [-0.2, -0.15) is 0 Å². The number of ether oxygens (including phenoxy) is 2. The molecule has 29 heavy (non-hydrogen) atoms. The molecule has 1 aromatic carbocycles. The van der Waals surface area contributed by atoms with Crippen molar-refractivity contribution in [1.29, 1.82) is 0 Å². The number of phenols is 1. The molecule has 11 heteroatoms. The lowest BCUT2D eigenvalue weighted by Gasteiger charge is -2.21. The highest BCUT2D eigenvalue weighted by Crippen LogP contribution is 2.37. The molecule has 1 aliphatic heterocycles. The van der Waals surface area contributed by atoms with Crippen molar-refractivity contribution in [3.63, 3.8) is 0 Å². The van der Waals surface area contributed by atoms with E-state index in [0.29, 0.717) is 5.56 Å². The van der Waals surface area contributed by atoms with Crippen molar-refractivity contribution >= 4 is 52.2 Å². The van der Waals surface area contributed by atoms with Crippen LogP contribution in [0.5, 0.6) is 17.2 Å². The molecule has 0 spiro atoms. The Morgan fingerprint density at radius 2 is 1.83 bits per heavy atom. The molecule has 1 atom stereocenters. The maximum atomic E-state index is 12.5. The van der Waals surface area contributed by atoms with Gasteiger partial charge in [-0.15, -0.1) is 0 Å². The number of aromatic hydroxyl groups is 1. The van der Waals surface area contributed by atoms with Gasteiger partial charge in [0.25, 0.3) is 5.91 Å². The van der Waals surface area contributed by atoms with E-state index in [1.54, 1.807) is 18.2 Å². The summed E-state index contributed by atoms with van der Waals surface area (Å²) in [4.78, 5) is 35.7. The summed E-state index contributed by atoms with van der Waals surface area (Å²) in [5.74, 6) is -3.23. The van der Waals surface area contributed by atoms with Gasteiger partial charge in [-0.25, -0.2) is 4.79 Å². The molecule has 1 fully saturated rings. The normalized spacial score (nSPS) is 16.5. The SMILES string of the molecule is COc1cc(C=CC=C2SC(=S)N(C(CC(=O)O)C(=O)O)C2=O)cc(OC)c1O. The maximum Gasteiger partial charge on any atom is 0.327 e. The topological polar surface area (TPSA) is 134 Å². The first kappa shape index (κ1) is 22.2. The second kappa shape index (κ2) is 9.43. The molecular weight excluding hydrogens is 422 g/mol. The number of amides is 1. The number of benzene rings is 1. The van der Waals surface area contributed by atoms with E-state index in [0.717, 1.165) is 16.7 Å². The molecule has 0 aromatic heterocycles. The van der Waals surface area contributed by atoms with Crippen LogP contribution in [0.25, 0.3) is 6.08 Å². The summed E-state index contributed by atoms with van der Waals surface area (Å²) in [7, 11) is 2.78. The lowest BCUT2D eigenvalue weighted by Crippen LogP contribution is -2.45. The third-order valence-corrected chi connectivity index (χ3v) is 5.18. The third-order valence-electron chi connectivity index (χ3n) is 3.83. The number of carbonyl (C=O) groups excluding carboxylic acids is 1. The highest BCUT2D eigenvalue weighted by molar-refractivity contribution is 8.26. The zero-order valence-electron chi connectivity index (χ0n) is 15.3.